The summed E-state index contributed by atoms with van der Waals surface area (Å²) in [6, 6.07) is 20.4. The Morgan fingerprint density at radius 1 is 1.03 bits per heavy atom. The highest BCUT2D eigenvalue weighted by atomic mass is 32.2. The van der Waals surface area contributed by atoms with E-state index in [1.54, 1.807) is 30.6 Å². The van der Waals surface area contributed by atoms with Crippen molar-refractivity contribution in [1.29, 1.82) is 0 Å². The van der Waals surface area contributed by atoms with Gasteiger partial charge in [-0.1, -0.05) is 36.4 Å². The molecule has 1 aliphatic rings. The van der Waals surface area contributed by atoms with Crippen LogP contribution in [0.4, 0.5) is 0 Å². The molecule has 1 fully saturated rings. The molecule has 3 N–H and O–H groups in total. The molecule has 1 aliphatic heterocycles. The minimum absolute atomic E-state index is 0.104. The summed E-state index contributed by atoms with van der Waals surface area (Å²) < 4.78 is 25.5. The molecule has 0 bridgehead atoms. The largest absolute Gasteiger partial charge is 0.480 e. The first-order chi connectivity index (χ1) is 17.4. The smallest absolute Gasteiger partial charge is 0.322 e. The number of carbonyl (C=O) groups excluding carboxylic acids is 1. The number of benzene rings is 2. The van der Waals surface area contributed by atoms with E-state index in [1.807, 2.05) is 42.5 Å². The Balaban J connectivity index is 0.000000170. The number of carboxylic acids is 1. The number of hydrogen-bond acceptors (Lipinski definition) is 5. The number of para-hydroxylation sites is 1. The highest BCUT2D eigenvalue weighted by molar-refractivity contribution is 7.89. The highest BCUT2D eigenvalue weighted by Crippen LogP contribution is 2.25. The van der Waals surface area contributed by atoms with Crippen LogP contribution in [0.15, 0.2) is 90.1 Å². The first-order valence-electron chi connectivity index (χ1n) is 11.4. The third-order valence-corrected chi connectivity index (χ3v) is 7.74. The van der Waals surface area contributed by atoms with Crippen molar-refractivity contribution >= 4 is 32.8 Å². The zero-order chi connectivity index (χ0) is 25.5. The Bertz CT molecular complexity index is 1410. The molecule has 4 aromatic rings. The van der Waals surface area contributed by atoms with Crippen LogP contribution in [-0.2, 0) is 21.4 Å². The number of rotatable bonds is 6. The number of aromatic amines is 1. The van der Waals surface area contributed by atoms with Crippen molar-refractivity contribution in [3.05, 3.63) is 96.4 Å². The van der Waals surface area contributed by atoms with Crippen LogP contribution in [0.3, 0.4) is 0 Å². The molecule has 0 aliphatic carbocycles. The maximum atomic E-state index is 12.2. The maximum Gasteiger partial charge on any atom is 0.322 e. The van der Waals surface area contributed by atoms with Gasteiger partial charge in [0.05, 0.1) is 4.90 Å². The second kappa shape index (κ2) is 11.1. The number of nitrogens with one attached hydrogen (secondary N) is 2. The van der Waals surface area contributed by atoms with Crippen LogP contribution in [0.25, 0.3) is 10.9 Å². The predicted molar refractivity (Wildman–Crippen MR) is 135 cm³/mol. The summed E-state index contributed by atoms with van der Waals surface area (Å²) in [6.45, 7) is 0.769. The third kappa shape index (κ3) is 5.78. The maximum absolute atomic E-state index is 12.2. The molecule has 1 atom stereocenters. The van der Waals surface area contributed by atoms with Crippen molar-refractivity contribution in [3.8, 4) is 0 Å². The molecule has 5 rings (SSSR count). The SMILES string of the molecule is O=C(NCc1ccncc1)c1cc2ccccc2[nH]1.O=C(O)C1CCCN1S(=O)(=O)c1ccccc1. The Kier molecular flexibility index (Phi) is 7.77. The number of sulfonamides is 1. The molecule has 36 heavy (non-hydrogen) atoms. The van der Waals surface area contributed by atoms with Gasteiger partial charge in [-0.05, 0) is 54.8 Å². The van der Waals surface area contributed by atoms with Crippen molar-refractivity contribution < 1.29 is 23.1 Å². The number of carbonyl (C=O) groups is 2. The fourth-order valence-corrected chi connectivity index (χ4v) is 5.65. The lowest BCUT2D eigenvalue weighted by atomic mass is 10.2. The van der Waals surface area contributed by atoms with Gasteiger partial charge in [0, 0.05) is 36.4 Å². The molecule has 1 saturated heterocycles. The van der Waals surface area contributed by atoms with Crippen LogP contribution in [-0.4, -0.2) is 52.3 Å². The number of carboxylic acid groups (broad SMARTS) is 1. The number of aliphatic carboxylic acids is 1. The third-order valence-electron chi connectivity index (χ3n) is 5.82. The molecule has 2 aromatic heterocycles. The Morgan fingerprint density at radius 2 is 1.72 bits per heavy atom. The van der Waals surface area contributed by atoms with E-state index >= 15 is 0 Å². The van der Waals surface area contributed by atoms with Crippen molar-refractivity contribution in [2.75, 3.05) is 6.54 Å². The topological polar surface area (TPSA) is 132 Å². The Hall–Kier alpha value is -4.02. The van der Waals surface area contributed by atoms with Gasteiger partial charge in [-0.3, -0.25) is 14.6 Å². The van der Waals surface area contributed by atoms with Gasteiger partial charge < -0.3 is 15.4 Å². The molecule has 1 unspecified atom stereocenters. The number of amides is 1. The van der Waals surface area contributed by atoms with Gasteiger partial charge in [-0.25, -0.2) is 8.42 Å². The van der Waals surface area contributed by atoms with Crippen LogP contribution in [0.1, 0.15) is 28.9 Å². The molecular formula is C26H26N4O5S. The highest BCUT2D eigenvalue weighted by Gasteiger charge is 2.39. The summed E-state index contributed by atoms with van der Waals surface area (Å²) in [6.07, 6.45) is 4.39. The van der Waals surface area contributed by atoms with E-state index in [9.17, 15) is 18.0 Å². The van der Waals surface area contributed by atoms with Crippen LogP contribution < -0.4 is 5.32 Å². The van der Waals surface area contributed by atoms with E-state index in [0.29, 0.717) is 25.1 Å². The predicted octanol–water partition coefficient (Wildman–Crippen LogP) is 3.42. The number of H-pyrrole nitrogens is 1. The number of nitrogens with zero attached hydrogens (tertiary/aromatic N) is 2. The lowest BCUT2D eigenvalue weighted by molar-refractivity contribution is -0.140. The van der Waals surface area contributed by atoms with E-state index < -0.39 is 22.0 Å². The fraction of sp³-hybridized carbons (Fsp3) is 0.192. The number of pyridine rings is 1. The number of aromatic nitrogens is 2. The van der Waals surface area contributed by atoms with Gasteiger partial charge in [-0.2, -0.15) is 4.31 Å². The minimum atomic E-state index is -3.68. The van der Waals surface area contributed by atoms with Crippen LogP contribution in [0.5, 0.6) is 0 Å². The van der Waals surface area contributed by atoms with Crippen LogP contribution >= 0.6 is 0 Å². The summed E-state index contributed by atoms with van der Waals surface area (Å²) in [7, 11) is -3.68. The van der Waals surface area contributed by atoms with E-state index in [2.05, 4.69) is 15.3 Å². The van der Waals surface area contributed by atoms with Crippen LogP contribution in [0, 0.1) is 0 Å². The van der Waals surface area contributed by atoms with Gasteiger partial charge >= 0.3 is 5.97 Å². The van der Waals surface area contributed by atoms with E-state index in [4.69, 9.17) is 5.11 Å². The number of hydrogen-bond donors (Lipinski definition) is 3. The average Bonchev–Trinajstić information content (AvgIpc) is 3.57. The van der Waals surface area contributed by atoms with E-state index in [-0.39, 0.29) is 17.3 Å². The molecule has 9 nitrogen and oxygen atoms in total. The molecular weight excluding hydrogens is 480 g/mol. The van der Waals surface area contributed by atoms with E-state index in [1.165, 1.54) is 12.1 Å². The first-order valence-corrected chi connectivity index (χ1v) is 12.8. The summed E-state index contributed by atoms with van der Waals surface area (Å²) in [5, 5.41) is 12.9. The summed E-state index contributed by atoms with van der Waals surface area (Å²) in [5.41, 5.74) is 2.58. The zero-order valence-electron chi connectivity index (χ0n) is 19.4. The van der Waals surface area contributed by atoms with Crippen LogP contribution in [0.2, 0.25) is 0 Å². The van der Waals surface area contributed by atoms with E-state index in [0.717, 1.165) is 20.8 Å². The molecule has 0 saturated carbocycles. The minimum Gasteiger partial charge on any atom is -0.480 e. The Morgan fingerprint density at radius 3 is 2.42 bits per heavy atom. The standard InChI is InChI=1S/C15H13N3O.C11H13NO4S/c19-15(17-10-11-5-7-16-8-6-11)14-9-12-3-1-2-4-13(12)18-14;13-11(14)10-7-4-8-12(10)17(15,16)9-5-2-1-3-6-9/h1-9,18H,10H2,(H,17,19);1-3,5-6,10H,4,7-8H2,(H,13,14). The lowest BCUT2D eigenvalue weighted by Crippen LogP contribution is -2.40. The molecule has 2 aromatic carbocycles. The molecule has 3 heterocycles. The fourth-order valence-electron chi connectivity index (χ4n) is 3.98. The van der Waals surface area contributed by atoms with Gasteiger partial charge in [0.2, 0.25) is 10.0 Å². The quantitative estimate of drug-likeness (QED) is 0.367. The van der Waals surface area contributed by atoms with Crippen molar-refractivity contribution in [2.24, 2.45) is 0 Å². The van der Waals surface area contributed by atoms with Crippen molar-refractivity contribution in [3.63, 3.8) is 0 Å². The molecule has 1 amide bonds. The molecule has 186 valence electrons. The summed E-state index contributed by atoms with van der Waals surface area (Å²) in [4.78, 5) is 30.2. The molecule has 0 spiro atoms. The zero-order valence-corrected chi connectivity index (χ0v) is 20.2. The monoisotopic (exact) mass is 506 g/mol. The summed E-state index contributed by atoms with van der Waals surface area (Å²) in [5.74, 6) is -1.19. The first kappa shape index (κ1) is 25.1. The van der Waals surface area contributed by atoms with Gasteiger partial charge in [0.1, 0.15) is 11.7 Å². The summed E-state index contributed by atoms with van der Waals surface area (Å²) >= 11 is 0. The van der Waals surface area contributed by atoms with Gasteiger partial charge in [0.15, 0.2) is 0 Å². The van der Waals surface area contributed by atoms with Crippen molar-refractivity contribution in [2.45, 2.75) is 30.3 Å². The second-order valence-corrected chi connectivity index (χ2v) is 10.1. The van der Waals surface area contributed by atoms with Crippen molar-refractivity contribution in [1.82, 2.24) is 19.6 Å². The lowest BCUT2D eigenvalue weighted by Gasteiger charge is -2.20. The molecule has 0 radical (unpaired) electrons. The normalized spacial score (nSPS) is 15.7. The second-order valence-electron chi connectivity index (χ2n) is 8.23. The average molecular weight is 507 g/mol. The Labute approximate surface area is 208 Å². The van der Waals surface area contributed by atoms with Gasteiger partial charge in [0.25, 0.3) is 5.91 Å². The van der Waals surface area contributed by atoms with Gasteiger partial charge in [-0.15, -0.1) is 0 Å². The number of fused-ring (bicyclic) bond motifs is 1. The molecule has 10 heteroatoms.